The molecule has 5 rings (SSSR count). The minimum absolute atomic E-state index is 0.00531. The zero-order chi connectivity index (χ0) is 25.7. The molecular weight excluding hydrogens is 476 g/mol. The van der Waals surface area contributed by atoms with Crippen molar-refractivity contribution < 1.29 is 17.9 Å². The Labute approximate surface area is 212 Å². The van der Waals surface area contributed by atoms with E-state index in [4.69, 9.17) is 4.74 Å². The predicted molar refractivity (Wildman–Crippen MR) is 137 cm³/mol. The number of rotatable bonds is 6. The molecular formula is C27H30N4O4S. The molecule has 0 amide bonds. The third kappa shape index (κ3) is 4.24. The molecule has 1 N–H and O–H groups in total. The molecule has 2 aliphatic carbocycles. The first-order valence-corrected chi connectivity index (χ1v) is 13.6. The Morgan fingerprint density at radius 3 is 2.53 bits per heavy atom. The summed E-state index contributed by atoms with van der Waals surface area (Å²) < 4.78 is 35.0. The lowest BCUT2D eigenvalue weighted by Gasteiger charge is -2.34. The Morgan fingerprint density at radius 1 is 1.08 bits per heavy atom. The van der Waals surface area contributed by atoms with E-state index in [0.29, 0.717) is 49.5 Å². The van der Waals surface area contributed by atoms with Crippen LogP contribution in [0.25, 0.3) is 5.57 Å². The van der Waals surface area contributed by atoms with Crippen LogP contribution in [0.1, 0.15) is 46.5 Å². The molecule has 1 saturated heterocycles. The van der Waals surface area contributed by atoms with Gasteiger partial charge in [-0.1, -0.05) is 19.9 Å². The van der Waals surface area contributed by atoms with Crippen molar-refractivity contribution in [2.24, 2.45) is 0 Å². The summed E-state index contributed by atoms with van der Waals surface area (Å²) in [6.45, 7) is 6.92. The predicted octanol–water partition coefficient (Wildman–Crippen LogP) is 2.50. The Bertz CT molecular complexity index is 1410. The van der Waals surface area contributed by atoms with Gasteiger partial charge in [-0.3, -0.25) is 4.79 Å². The van der Waals surface area contributed by atoms with Gasteiger partial charge in [-0.2, -0.15) is 22.7 Å². The van der Waals surface area contributed by atoms with Gasteiger partial charge in [0, 0.05) is 49.3 Å². The number of hydrogen-bond acceptors (Lipinski definition) is 6. The zero-order valence-electron chi connectivity index (χ0n) is 20.8. The van der Waals surface area contributed by atoms with Crippen LogP contribution in [0.15, 0.2) is 42.0 Å². The number of allylic oxidation sites excluding steroid dienone is 2. The molecule has 0 atom stereocenters. The summed E-state index contributed by atoms with van der Waals surface area (Å²) in [5.74, 6) is 0.592. The van der Waals surface area contributed by atoms with Gasteiger partial charge in [0.25, 0.3) is 10.2 Å². The highest BCUT2D eigenvalue weighted by Crippen LogP contribution is 2.50. The summed E-state index contributed by atoms with van der Waals surface area (Å²) in [6, 6.07) is 13.2. The second-order valence-corrected chi connectivity index (χ2v) is 11.9. The molecule has 2 aromatic rings. The monoisotopic (exact) mass is 506 g/mol. The maximum absolute atomic E-state index is 13.5. The van der Waals surface area contributed by atoms with Gasteiger partial charge in [0.15, 0.2) is 5.78 Å². The van der Waals surface area contributed by atoms with Crippen molar-refractivity contribution in [2.45, 2.75) is 25.7 Å². The van der Waals surface area contributed by atoms with E-state index in [-0.39, 0.29) is 18.9 Å². The van der Waals surface area contributed by atoms with Crippen molar-refractivity contribution in [3.8, 4) is 11.8 Å². The number of fused-ring (bicyclic) bond motifs is 3. The zero-order valence-corrected chi connectivity index (χ0v) is 21.6. The van der Waals surface area contributed by atoms with Crippen LogP contribution in [-0.2, 0) is 22.0 Å². The molecule has 0 unspecified atom stereocenters. The van der Waals surface area contributed by atoms with Crippen LogP contribution in [0.2, 0.25) is 0 Å². The van der Waals surface area contributed by atoms with Crippen molar-refractivity contribution in [3.63, 3.8) is 0 Å². The number of carbonyl (C=O) groups excluding carboxylic acids is 1. The van der Waals surface area contributed by atoms with E-state index in [9.17, 15) is 18.5 Å². The lowest BCUT2D eigenvalue weighted by Crippen LogP contribution is -2.51. The van der Waals surface area contributed by atoms with Crippen molar-refractivity contribution in [1.29, 1.82) is 5.26 Å². The lowest BCUT2D eigenvalue weighted by atomic mass is 9.68. The first-order chi connectivity index (χ1) is 17.1. The molecule has 0 saturated carbocycles. The number of Topliss-reactive ketones (excluding diaryl/α,β-unsaturated/α-hetero) is 1. The molecule has 8 nitrogen and oxygen atoms in total. The summed E-state index contributed by atoms with van der Waals surface area (Å²) in [7, 11) is -1.56. The second-order valence-electron chi connectivity index (χ2n) is 10.1. The minimum atomic E-state index is -3.54. The van der Waals surface area contributed by atoms with Crippen molar-refractivity contribution in [2.75, 3.05) is 46.4 Å². The van der Waals surface area contributed by atoms with E-state index in [2.05, 4.69) is 29.5 Å². The molecule has 0 radical (unpaired) electrons. The van der Waals surface area contributed by atoms with E-state index in [1.54, 1.807) is 18.2 Å². The number of nitriles is 1. The Kier molecular flexibility index (Phi) is 6.25. The van der Waals surface area contributed by atoms with Crippen LogP contribution in [0, 0.1) is 11.3 Å². The standard InChI is InChI=1S/C27H30N4O4S/c1-27(2)23-16-20(35-13-8-29-36(33,34)31-11-9-30(3)10-12-31)5-7-22(23)26(32)25-21-6-4-18(17-28)14-19(21)15-24(25)27/h4-7,14,16,29H,8-13,15H2,1-3H3. The van der Waals surface area contributed by atoms with Gasteiger partial charge in [-0.25, -0.2) is 0 Å². The maximum atomic E-state index is 13.5. The highest BCUT2D eigenvalue weighted by Gasteiger charge is 2.43. The van der Waals surface area contributed by atoms with Crippen molar-refractivity contribution >= 4 is 21.6 Å². The fourth-order valence-electron chi connectivity index (χ4n) is 5.37. The number of ketones is 1. The molecule has 0 spiro atoms. The normalized spacial score (nSPS) is 19.4. The summed E-state index contributed by atoms with van der Waals surface area (Å²) in [5.41, 5.74) is 5.48. The number of likely N-dealkylation sites (N-methyl/N-ethyl adjacent to an activating group) is 1. The van der Waals surface area contributed by atoms with Gasteiger partial charge in [0.2, 0.25) is 0 Å². The third-order valence-electron chi connectivity index (χ3n) is 7.52. The van der Waals surface area contributed by atoms with E-state index in [1.807, 2.05) is 25.2 Å². The molecule has 2 aromatic carbocycles. The van der Waals surface area contributed by atoms with E-state index in [0.717, 1.165) is 27.8 Å². The number of ether oxygens (including phenoxy) is 1. The van der Waals surface area contributed by atoms with Gasteiger partial charge in [-0.15, -0.1) is 0 Å². The van der Waals surface area contributed by atoms with Crippen LogP contribution in [0.3, 0.4) is 0 Å². The largest absolute Gasteiger partial charge is 0.492 e. The molecule has 3 aliphatic rings. The van der Waals surface area contributed by atoms with Crippen LogP contribution in [0.4, 0.5) is 0 Å². The molecule has 188 valence electrons. The van der Waals surface area contributed by atoms with Gasteiger partial charge in [0.05, 0.1) is 11.6 Å². The molecule has 1 aliphatic heterocycles. The summed E-state index contributed by atoms with van der Waals surface area (Å²) in [5, 5.41) is 9.28. The molecule has 36 heavy (non-hydrogen) atoms. The second kappa shape index (κ2) is 9.12. The lowest BCUT2D eigenvalue weighted by molar-refractivity contribution is 0.105. The van der Waals surface area contributed by atoms with Gasteiger partial charge in [-0.05, 0) is 66.1 Å². The van der Waals surface area contributed by atoms with E-state index in [1.165, 1.54) is 4.31 Å². The Morgan fingerprint density at radius 2 is 1.81 bits per heavy atom. The fraction of sp³-hybridized carbons (Fsp3) is 0.407. The van der Waals surface area contributed by atoms with Crippen molar-refractivity contribution in [3.05, 3.63) is 69.8 Å². The van der Waals surface area contributed by atoms with E-state index >= 15 is 0 Å². The molecule has 1 fully saturated rings. The van der Waals surface area contributed by atoms with Crippen molar-refractivity contribution in [1.82, 2.24) is 13.9 Å². The quantitative estimate of drug-likeness (QED) is 0.604. The first-order valence-electron chi connectivity index (χ1n) is 12.1. The minimum Gasteiger partial charge on any atom is -0.492 e. The maximum Gasteiger partial charge on any atom is 0.279 e. The third-order valence-corrected chi connectivity index (χ3v) is 9.13. The molecule has 1 heterocycles. The van der Waals surface area contributed by atoms with Crippen LogP contribution in [-0.4, -0.2) is 69.8 Å². The number of hydrogen-bond donors (Lipinski definition) is 1. The molecule has 0 aromatic heterocycles. The van der Waals surface area contributed by atoms with Crippen LogP contribution >= 0.6 is 0 Å². The first kappa shape index (κ1) is 24.7. The van der Waals surface area contributed by atoms with Crippen LogP contribution in [0.5, 0.6) is 5.75 Å². The van der Waals surface area contributed by atoms with Gasteiger partial charge < -0.3 is 9.64 Å². The van der Waals surface area contributed by atoms with Crippen LogP contribution < -0.4 is 9.46 Å². The summed E-state index contributed by atoms with van der Waals surface area (Å²) in [6.07, 6.45) is 0.636. The fourth-order valence-corrected chi connectivity index (χ4v) is 6.54. The van der Waals surface area contributed by atoms with Gasteiger partial charge in [0.1, 0.15) is 12.4 Å². The average Bonchev–Trinajstić information content (AvgIpc) is 3.26. The van der Waals surface area contributed by atoms with E-state index < -0.39 is 15.6 Å². The summed E-state index contributed by atoms with van der Waals surface area (Å²) in [4.78, 5) is 15.6. The highest BCUT2D eigenvalue weighted by atomic mass is 32.2. The SMILES string of the molecule is CN1CCN(S(=O)(=O)NCCOc2ccc3c(c2)C(C)(C)C2=C(C3=O)c3ccc(C#N)cc3C2)CC1. The average molecular weight is 507 g/mol. The number of benzene rings is 2. The Hall–Kier alpha value is -3.03. The van der Waals surface area contributed by atoms with Gasteiger partial charge >= 0.3 is 0 Å². The number of piperazine rings is 1. The molecule has 9 heteroatoms. The number of carbonyl (C=O) groups is 1. The Balaban J connectivity index is 1.29. The number of nitrogens with one attached hydrogen (secondary N) is 1. The summed E-state index contributed by atoms with van der Waals surface area (Å²) >= 11 is 0. The smallest absolute Gasteiger partial charge is 0.279 e. The number of nitrogens with zero attached hydrogens (tertiary/aromatic N) is 3. The topological polar surface area (TPSA) is 103 Å². The highest BCUT2D eigenvalue weighted by molar-refractivity contribution is 7.87. The molecule has 0 bridgehead atoms.